The minimum Gasteiger partial charge on any atom is -0.378 e. The molecule has 0 aromatic heterocycles. The summed E-state index contributed by atoms with van der Waals surface area (Å²) in [6.45, 7) is 26.7. The average molecular weight is 603 g/mol. The molecular formula is C39H62N4O. The molecule has 5 nitrogen and oxygen atoms in total. The summed E-state index contributed by atoms with van der Waals surface area (Å²) in [5.74, 6) is 0. The van der Waals surface area contributed by atoms with Crippen molar-refractivity contribution in [3.8, 4) is 0 Å². The molecule has 3 fully saturated rings. The Kier molecular flexibility index (Phi) is 16.7. The van der Waals surface area contributed by atoms with E-state index in [1.54, 1.807) is 0 Å². The van der Waals surface area contributed by atoms with Crippen molar-refractivity contribution in [1.29, 1.82) is 5.41 Å². The third kappa shape index (κ3) is 10.2. The molecule has 0 bridgehead atoms. The second-order valence-electron chi connectivity index (χ2n) is 11.8. The Morgan fingerprint density at radius 2 is 1.43 bits per heavy atom. The van der Waals surface area contributed by atoms with Gasteiger partial charge in [0.1, 0.15) is 0 Å². The number of anilines is 1. The molecule has 0 spiro atoms. The SMILES string of the molecule is C=C=C(C)c1ccc(C)c(C(=N)c2ccc(N3CCOCC3)cc2)c1.CC.CC.CCC1(N2CCN(C)CC2)CCCCC1. The lowest BCUT2D eigenvalue weighted by Crippen LogP contribution is -2.56. The highest BCUT2D eigenvalue weighted by atomic mass is 16.5. The molecule has 0 radical (unpaired) electrons. The maximum atomic E-state index is 8.64. The minimum absolute atomic E-state index is 0.546. The van der Waals surface area contributed by atoms with Crippen molar-refractivity contribution >= 4 is 17.0 Å². The Bertz CT molecular complexity index is 1160. The number of nitrogens with one attached hydrogen (secondary N) is 1. The molecule has 1 N–H and O–H groups in total. The van der Waals surface area contributed by atoms with Gasteiger partial charge in [-0.05, 0) is 75.1 Å². The van der Waals surface area contributed by atoms with Gasteiger partial charge in [-0.2, -0.15) is 0 Å². The van der Waals surface area contributed by atoms with Gasteiger partial charge in [-0.1, -0.05) is 84.7 Å². The average Bonchev–Trinajstić information content (AvgIpc) is 3.11. The summed E-state index contributed by atoms with van der Waals surface area (Å²) in [7, 11) is 2.25. The van der Waals surface area contributed by atoms with Crippen molar-refractivity contribution < 1.29 is 4.74 Å². The van der Waals surface area contributed by atoms with Crippen LogP contribution in [0.3, 0.4) is 0 Å². The van der Waals surface area contributed by atoms with Gasteiger partial charge >= 0.3 is 0 Å². The molecule has 3 aliphatic rings. The summed E-state index contributed by atoms with van der Waals surface area (Å²) in [5, 5.41) is 8.64. The molecule has 1 aliphatic carbocycles. The fourth-order valence-corrected chi connectivity index (χ4v) is 6.43. The molecule has 0 atom stereocenters. The maximum absolute atomic E-state index is 8.64. The van der Waals surface area contributed by atoms with Gasteiger partial charge < -0.3 is 14.5 Å². The van der Waals surface area contributed by atoms with Gasteiger partial charge in [0, 0.05) is 61.6 Å². The van der Waals surface area contributed by atoms with Crippen molar-refractivity contribution in [2.45, 2.75) is 92.5 Å². The van der Waals surface area contributed by atoms with Crippen LogP contribution in [0, 0.1) is 12.3 Å². The van der Waals surface area contributed by atoms with E-state index in [2.05, 4.69) is 71.3 Å². The molecule has 244 valence electrons. The molecule has 0 amide bonds. The third-order valence-corrected chi connectivity index (χ3v) is 9.35. The lowest BCUT2D eigenvalue weighted by atomic mass is 9.78. The number of ether oxygens (including phenoxy) is 1. The molecule has 5 rings (SSSR count). The summed E-state index contributed by atoms with van der Waals surface area (Å²) in [6.07, 6.45) is 8.65. The zero-order chi connectivity index (χ0) is 32.5. The van der Waals surface area contributed by atoms with Crippen molar-refractivity contribution in [1.82, 2.24) is 9.80 Å². The fraction of sp³-hybridized carbons (Fsp3) is 0.590. The van der Waals surface area contributed by atoms with E-state index in [1.807, 2.05) is 53.7 Å². The van der Waals surface area contributed by atoms with Crippen LogP contribution < -0.4 is 4.90 Å². The highest BCUT2D eigenvalue weighted by Gasteiger charge is 2.37. The Morgan fingerprint density at radius 3 is 1.98 bits per heavy atom. The number of likely N-dealkylation sites (N-methyl/N-ethyl adjacent to an activating group) is 1. The van der Waals surface area contributed by atoms with Crippen molar-refractivity contribution in [3.63, 3.8) is 0 Å². The lowest BCUT2D eigenvalue weighted by molar-refractivity contribution is 0.0108. The van der Waals surface area contributed by atoms with Crippen LogP contribution >= 0.6 is 0 Å². The molecular weight excluding hydrogens is 540 g/mol. The van der Waals surface area contributed by atoms with Crippen LogP contribution in [-0.2, 0) is 4.74 Å². The van der Waals surface area contributed by atoms with E-state index in [4.69, 9.17) is 10.1 Å². The molecule has 2 saturated heterocycles. The first-order valence-electron chi connectivity index (χ1n) is 17.3. The summed E-state index contributed by atoms with van der Waals surface area (Å²) in [6, 6.07) is 14.4. The number of allylic oxidation sites excluding steroid dienone is 1. The first-order valence-corrected chi connectivity index (χ1v) is 17.3. The lowest BCUT2D eigenvalue weighted by Gasteiger charge is -2.49. The highest BCUT2D eigenvalue weighted by molar-refractivity contribution is 6.12. The number of nitrogens with zero attached hydrogens (tertiary/aromatic N) is 3. The van der Waals surface area contributed by atoms with E-state index in [0.29, 0.717) is 11.3 Å². The number of rotatable bonds is 6. The van der Waals surface area contributed by atoms with E-state index >= 15 is 0 Å². The summed E-state index contributed by atoms with van der Waals surface area (Å²) in [5.41, 5.74) is 10.3. The molecule has 44 heavy (non-hydrogen) atoms. The normalized spacial score (nSPS) is 18.2. The third-order valence-electron chi connectivity index (χ3n) is 9.35. The Hall–Kier alpha value is -2.69. The van der Waals surface area contributed by atoms with Crippen LogP contribution in [0.25, 0.3) is 5.57 Å². The van der Waals surface area contributed by atoms with Gasteiger partial charge in [0.15, 0.2) is 0 Å². The number of aryl methyl sites for hydroxylation is 1. The zero-order valence-electron chi connectivity index (χ0n) is 29.4. The molecule has 5 heteroatoms. The van der Waals surface area contributed by atoms with Gasteiger partial charge in [0.2, 0.25) is 0 Å². The zero-order valence-corrected chi connectivity index (χ0v) is 29.4. The van der Waals surface area contributed by atoms with Crippen LogP contribution in [0.2, 0.25) is 0 Å². The molecule has 2 aliphatic heterocycles. The second kappa shape index (κ2) is 19.6. The molecule has 2 aromatic rings. The van der Waals surface area contributed by atoms with E-state index < -0.39 is 0 Å². The molecule has 2 heterocycles. The predicted octanol–water partition coefficient (Wildman–Crippen LogP) is 8.84. The Labute approximate surface area is 270 Å². The number of benzene rings is 2. The summed E-state index contributed by atoms with van der Waals surface area (Å²) in [4.78, 5) is 7.58. The van der Waals surface area contributed by atoms with Crippen LogP contribution in [0.15, 0.2) is 54.8 Å². The first kappa shape index (κ1) is 37.5. The monoisotopic (exact) mass is 602 g/mol. The highest BCUT2D eigenvalue weighted by Crippen LogP contribution is 2.36. The van der Waals surface area contributed by atoms with E-state index in [1.165, 1.54) is 70.4 Å². The smallest absolute Gasteiger partial charge is 0.0687 e. The standard InChI is InChI=1S/C22H24N2O.C13H26N2.2C2H6/c1-4-16(2)19-6-5-17(3)21(15-19)22(23)18-7-9-20(10-8-18)24-11-13-25-14-12-24;1-3-13(7-5-4-6-8-13)15-11-9-14(2)10-12-15;2*1-2/h5-10,15,23H,1,11-14H2,2-3H3;3-12H2,1-2H3;2*1-2H3. The fourth-order valence-electron chi connectivity index (χ4n) is 6.43. The second-order valence-corrected chi connectivity index (χ2v) is 11.8. The Morgan fingerprint density at radius 1 is 0.864 bits per heavy atom. The van der Waals surface area contributed by atoms with E-state index in [9.17, 15) is 0 Å². The summed E-state index contributed by atoms with van der Waals surface area (Å²) >= 11 is 0. The molecule has 0 unspecified atom stereocenters. The number of hydrogen-bond donors (Lipinski definition) is 1. The topological polar surface area (TPSA) is 42.8 Å². The number of hydrogen-bond acceptors (Lipinski definition) is 5. The van der Waals surface area contributed by atoms with Crippen LogP contribution in [0.5, 0.6) is 0 Å². The quantitative estimate of drug-likeness (QED) is 0.265. The van der Waals surface area contributed by atoms with Crippen molar-refractivity contribution in [2.75, 3.05) is 64.4 Å². The van der Waals surface area contributed by atoms with Gasteiger partial charge in [-0.3, -0.25) is 10.3 Å². The van der Waals surface area contributed by atoms with Crippen molar-refractivity contribution in [2.24, 2.45) is 0 Å². The van der Waals surface area contributed by atoms with Gasteiger partial charge in [0.05, 0.1) is 18.9 Å². The first-order chi connectivity index (χ1) is 21.4. The van der Waals surface area contributed by atoms with Gasteiger partial charge in [-0.25, -0.2) is 0 Å². The number of morpholine rings is 1. The van der Waals surface area contributed by atoms with E-state index in [0.717, 1.165) is 54.1 Å². The van der Waals surface area contributed by atoms with Crippen LogP contribution in [0.4, 0.5) is 5.69 Å². The molecule has 2 aromatic carbocycles. The Balaban J connectivity index is 0.000000303. The molecule has 1 saturated carbocycles. The van der Waals surface area contributed by atoms with Gasteiger partial charge in [0.25, 0.3) is 0 Å². The number of piperazine rings is 1. The van der Waals surface area contributed by atoms with Crippen LogP contribution in [-0.4, -0.2) is 80.6 Å². The largest absolute Gasteiger partial charge is 0.378 e. The van der Waals surface area contributed by atoms with E-state index in [-0.39, 0.29) is 0 Å². The van der Waals surface area contributed by atoms with Crippen LogP contribution in [0.1, 0.15) is 102 Å². The predicted molar refractivity (Wildman–Crippen MR) is 193 cm³/mol. The van der Waals surface area contributed by atoms with Gasteiger partial charge in [-0.15, -0.1) is 5.73 Å². The minimum atomic E-state index is 0.546. The maximum Gasteiger partial charge on any atom is 0.0687 e. The van der Waals surface area contributed by atoms with Crippen molar-refractivity contribution in [3.05, 3.63) is 77.0 Å². The summed E-state index contributed by atoms with van der Waals surface area (Å²) < 4.78 is 5.41.